The van der Waals surface area contributed by atoms with Crippen molar-refractivity contribution in [2.24, 2.45) is 0 Å². The van der Waals surface area contributed by atoms with Crippen molar-refractivity contribution in [3.8, 4) is 0 Å². The minimum absolute atomic E-state index is 0.243. The van der Waals surface area contributed by atoms with E-state index in [9.17, 15) is 9.59 Å². The van der Waals surface area contributed by atoms with Crippen LogP contribution >= 0.6 is 0 Å². The second-order valence-corrected chi connectivity index (χ2v) is 6.20. The number of furan rings is 1. The molecule has 25 heavy (non-hydrogen) atoms. The zero-order valence-corrected chi connectivity index (χ0v) is 14.8. The summed E-state index contributed by atoms with van der Waals surface area (Å²) in [6.45, 7) is 7.46. The number of rotatable bonds is 4. The average Bonchev–Trinajstić information content (AvgIpc) is 2.88. The molecule has 2 heterocycles. The fourth-order valence-corrected chi connectivity index (χ4v) is 2.84. The van der Waals surface area contributed by atoms with Crippen LogP contribution in [0.25, 0.3) is 11.1 Å². The molecule has 6 nitrogen and oxygen atoms in total. The molecule has 130 valence electrons. The van der Waals surface area contributed by atoms with Crippen molar-refractivity contribution in [3.05, 3.63) is 57.8 Å². The van der Waals surface area contributed by atoms with E-state index in [0.29, 0.717) is 29.0 Å². The maximum atomic E-state index is 12.8. The average molecular weight is 339 g/mol. The van der Waals surface area contributed by atoms with Gasteiger partial charge < -0.3 is 9.73 Å². The van der Waals surface area contributed by atoms with Crippen molar-refractivity contribution in [1.29, 1.82) is 0 Å². The molecule has 1 amide bonds. The second-order valence-electron chi connectivity index (χ2n) is 6.20. The minimum atomic E-state index is -0.639. The molecule has 0 aliphatic rings. The number of aryl methyl sites for hydroxylation is 3. The van der Waals surface area contributed by atoms with Crippen LogP contribution in [0.15, 0.2) is 39.8 Å². The molecule has 0 saturated carbocycles. The molecule has 3 aromatic rings. The highest BCUT2D eigenvalue weighted by molar-refractivity contribution is 5.93. The summed E-state index contributed by atoms with van der Waals surface area (Å²) in [5.74, 6) is 0.418. The molecular weight excluding hydrogens is 318 g/mol. The van der Waals surface area contributed by atoms with Gasteiger partial charge in [-0.25, -0.2) is 4.98 Å². The number of nitrogens with one attached hydrogen (secondary N) is 1. The van der Waals surface area contributed by atoms with Gasteiger partial charge in [0.15, 0.2) is 0 Å². The fourth-order valence-electron chi connectivity index (χ4n) is 2.84. The predicted octanol–water partition coefficient (Wildman–Crippen LogP) is 3.50. The topological polar surface area (TPSA) is 77.1 Å². The van der Waals surface area contributed by atoms with Gasteiger partial charge in [0.25, 0.3) is 5.56 Å². The monoisotopic (exact) mass is 339 g/mol. The lowest BCUT2D eigenvalue weighted by Crippen LogP contribution is -2.33. The Hall–Kier alpha value is -2.89. The minimum Gasteiger partial charge on any atom is -0.443 e. The number of hydrogen-bond acceptors (Lipinski definition) is 4. The van der Waals surface area contributed by atoms with Gasteiger partial charge in [0, 0.05) is 11.3 Å². The van der Waals surface area contributed by atoms with Gasteiger partial charge in [-0.15, -0.1) is 0 Å². The van der Waals surface area contributed by atoms with Crippen molar-refractivity contribution in [2.45, 2.75) is 40.2 Å². The number of anilines is 1. The van der Waals surface area contributed by atoms with E-state index in [1.54, 1.807) is 6.92 Å². The van der Waals surface area contributed by atoms with Crippen LogP contribution in [0.2, 0.25) is 0 Å². The van der Waals surface area contributed by atoms with Crippen LogP contribution in [0, 0.1) is 20.8 Å². The summed E-state index contributed by atoms with van der Waals surface area (Å²) in [6, 6.07) is 6.89. The third-order valence-electron chi connectivity index (χ3n) is 4.46. The SMILES string of the molecule is CC[C@@H](C(=O)Nc1ccc(C)cc1)n1cnc2oc(C)c(C)c2c1=O. The molecule has 2 aromatic heterocycles. The highest BCUT2D eigenvalue weighted by Crippen LogP contribution is 2.21. The summed E-state index contributed by atoms with van der Waals surface area (Å²) in [6.07, 6.45) is 1.86. The number of amides is 1. The van der Waals surface area contributed by atoms with Crippen molar-refractivity contribution in [3.63, 3.8) is 0 Å². The molecule has 3 rings (SSSR count). The van der Waals surface area contributed by atoms with E-state index in [2.05, 4.69) is 10.3 Å². The summed E-state index contributed by atoms with van der Waals surface area (Å²) in [5.41, 5.74) is 2.62. The van der Waals surface area contributed by atoms with Crippen molar-refractivity contribution in [1.82, 2.24) is 9.55 Å². The zero-order valence-electron chi connectivity index (χ0n) is 14.8. The van der Waals surface area contributed by atoms with E-state index >= 15 is 0 Å². The summed E-state index contributed by atoms with van der Waals surface area (Å²) < 4.78 is 6.87. The number of aromatic nitrogens is 2. The Morgan fingerprint density at radius 2 is 1.92 bits per heavy atom. The van der Waals surface area contributed by atoms with Gasteiger partial charge in [-0.3, -0.25) is 14.2 Å². The Kier molecular flexibility index (Phi) is 4.44. The molecule has 0 fully saturated rings. The first-order chi connectivity index (χ1) is 11.9. The summed E-state index contributed by atoms with van der Waals surface area (Å²) >= 11 is 0. The van der Waals surface area contributed by atoms with Gasteiger partial charge in [0.05, 0.1) is 0 Å². The molecule has 1 aromatic carbocycles. The first kappa shape index (κ1) is 17.0. The molecule has 1 N–H and O–H groups in total. The third-order valence-corrected chi connectivity index (χ3v) is 4.46. The Morgan fingerprint density at radius 1 is 1.24 bits per heavy atom. The molecule has 0 saturated heterocycles. The largest absolute Gasteiger partial charge is 0.443 e. The lowest BCUT2D eigenvalue weighted by Gasteiger charge is -2.17. The van der Waals surface area contributed by atoms with Crippen molar-refractivity contribution < 1.29 is 9.21 Å². The summed E-state index contributed by atoms with van der Waals surface area (Å²) in [7, 11) is 0. The zero-order chi connectivity index (χ0) is 18.1. The summed E-state index contributed by atoms with van der Waals surface area (Å²) in [5, 5.41) is 3.30. The molecule has 0 bridgehead atoms. The number of carbonyl (C=O) groups excluding carboxylic acids is 1. The smallest absolute Gasteiger partial charge is 0.265 e. The van der Waals surface area contributed by atoms with Gasteiger partial charge in [0.1, 0.15) is 23.5 Å². The molecule has 1 atom stereocenters. The Morgan fingerprint density at radius 3 is 2.56 bits per heavy atom. The highest BCUT2D eigenvalue weighted by atomic mass is 16.3. The van der Waals surface area contributed by atoms with Crippen LogP contribution in [0.3, 0.4) is 0 Å². The first-order valence-corrected chi connectivity index (χ1v) is 8.26. The summed E-state index contributed by atoms with van der Waals surface area (Å²) in [4.78, 5) is 29.7. The van der Waals surface area contributed by atoms with Gasteiger partial charge in [-0.05, 0) is 39.3 Å². The van der Waals surface area contributed by atoms with Crippen molar-refractivity contribution >= 4 is 22.7 Å². The van der Waals surface area contributed by atoms with Crippen LogP contribution in [0.5, 0.6) is 0 Å². The Balaban J connectivity index is 1.97. The Labute approximate surface area is 145 Å². The van der Waals surface area contributed by atoms with Crippen LogP contribution < -0.4 is 10.9 Å². The third kappa shape index (κ3) is 3.07. The Bertz CT molecular complexity index is 984. The molecule has 0 radical (unpaired) electrons. The van der Waals surface area contributed by atoms with E-state index in [0.717, 1.165) is 11.1 Å². The maximum absolute atomic E-state index is 12.8. The van der Waals surface area contributed by atoms with E-state index in [4.69, 9.17) is 4.42 Å². The van der Waals surface area contributed by atoms with E-state index in [-0.39, 0.29) is 11.5 Å². The molecule has 0 aliphatic heterocycles. The molecule has 0 aliphatic carbocycles. The highest BCUT2D eigenvalue weighted by Gasteiger charge is 2.23. The molecular formula is C19H21N3O3. The standard InChI is InChI=1S/C19H21N3O3/c1-5-15(17(23)21-14-8-6-11(2)7-9-14)22-10-20-18-16(19(22)24)12(3)13(4)25-18/h6-10,15H,5H2,1-4H3,(H,21,23)/t15-/m0/s1. The number of fused-ring (bicyclic) bond motifs is 1. The second kappa shape index (κ2) is 6.55. The van der Waals surface area contributed by atoms with E-state index in [1.807, 2.05) is 45.0 Å². The lowest BCUT2D eigenvalue weighted by atomic mass is 10.1. The van der Waals surface area contributed by atoms with E-state index < -0.39 is 6.04 Å². The van der Waals surface area contributed by atoms with Gasteiger partial charge in [0.2, 0.25) is 11.6 Å². The van der Waals surface area contributed by atoms with E-state index in [1.165, 1.54) is 10.9 Å². The number of carbonyl (C=O) groups is 1. The number of nitrogens with zero attached hydrogens (tertiary/aromatic N) is 2. The normalized spacial score (nSPS) is 12.3. The van der Waals surface area contributed by atoms with Gasteiger partial charge >= 0.3 is 0 Å². The predicted molar refractivity (Wildman–Crippen MR) is 96.9 cm³/mol. The molecule has 0 unspecified atom stereocenters. The quantitative estimate of drug-likeness (QED) is 0.789. The number of hydrogen-bond donors (Lipinski definition) is 1. The van der Waals surface area contributed by atoms with Crippen LogP contribution in [-0.2, 0) is 4.79 Å². The maximum Gasteiger partial charge on any atom is 0.265 e. The van der Waals surface area contributed by atoms with Crippen LogP contribution in [0.1, 0.15) is 36.3 Å². The lowest BCUT2D eigenvalue weighted by molar-refractivity contribution is -0.119. The van der Waals surface area contributed by atoms with Crippen LogP contribution in [0.4, 0.5) is 5.69 Å². The van der Waals surface area contributed by atoms with Gasteiger partial charge in [-0.2, -0.15) is 0 Å². The number of benzene rings is 1. The van der Waals surface area contributed by atoms with Crippen molar-refractivity contribution in [2.75, 3.05) is 5.32 Å². The first-order valence-electron chi connectivity index (χ1n) is 8.26. The fraction of sp³-hybridized carbons (Fsp3) is 0.316. The van der Waals surface area contributed by atoms with Crippen LogP contribution in [-0.4, -0.2) is 15.5 Å². The van der Waals surface area contributed by atoms with Gasteiger partial charge in [-0.1, -0.05) is 24.6 Å². The molecule has 0 spiro atoms. The molecule has 6 heteroatoms.